The molecule has 0 unspecified atom stereocenters. The molecule has 0 aromatic rings. The van der Waals surface area contributed by atoms with Crippen LogP contribution in [0.15, 0.2) is 11.0 Å². The predicted molar refractivity (Wildman–Crippen MR) is 28.8 cm³/mol. The maximum Gasteiger partial charge on any atom is 0.427 e. The lowest BCUT2D eigenvalue weighted by atomic mass is 10.6. The summed E-state index contributed by atoms with van der Waals surface area (Å²) in [6.45, 7) is 0. The molecule has 0 amide bonds. The molecule has 6 heteroatoms. The second kappa shape index (κ2) is 3.23. The van der Waals surface area contributed by atoms with Gasteiger partial charge < -0.3 is 0 Å². The summed E-state index contributed by atoms with van der Waals surface area (Å²) in [7, 11) is 0. The molecule has 0 fully saturated rings. The summed E-state index contributed by atoms with van der Waals surface area (Å²) in [4.78, 5) is -1.83. The fourth-order valence-electron chi connectivity index (χ4n) is 0.300. The van der Waals surface area contributed by atoms with E-state index in [0.29, 0.717) is 0 Å². The summed E-state index contributed by atoms with van der Waals surface area (Å²) in [5.41, 5.74) is 0. The summed E-state index contributed by atoms with van der Waals surface area (Å²) in [5.74, 6) is 0. The maximum atomic E-state index is 11.4. The lowest BCUT2D eigenvalue weighted by Crippen LogP contribution is -2.09. The topological polar surface area (TPSA) is 0 Å². The van der Waals surface area contributed by atoms with Gasteiger partial charge in [-0.2, -0.15) is 22.0 Å². The molecule has 0 aromatic heterocycles. The van der Waals surface area contributed by atoms with E-state index in [2.05, 4.69) is 0 Å². The van der Waals surface area contributed by atoms with E-state index < -0.39 is 17.2 Å². The zero-order chi connectivity index (χ0) is 8.36. The van der Waals surface area contributed by atoms with Crippen molar-refractivity contribution >= 4 is 11.8 Å². The van der Waals surface area contributed by atoms with Crippen molar-refractivity contribution in [1.82, 2.24) is 0 Å². The molecule has 0 saturated carbocycles. The monoisotopic (exact) mass is 178 g/mol. The number of halogens is 5. The van der Waals surface area contributed by atoms with Gasteiger partial charge in [-0.15, -0.1) is 11.8 Å². The molecule has 0 spiro atoms. The first kappa shape index (κ1) is 9.74. The lowest BCUT2D eigenvalue weighted by molar-refractivity contribution is -0.0865. The maximum absolute atomic E-state index is 11.4. The second-order valence-corrected chi connectivity index (χ2v) is 2.11. The number of hydrogen-bond acceptors (Lipinski definition) is 1. The highest BCUT2D eigenvalue weighted by Gasteiger charge is 2.37. The average Bonchev–Trinajstić information content (AvgIpc) is 1.60. The molecule has 0 N–H and O–H groups in total. The van der Waals surface area contributed by atoms with E-state index >= 15 is 0 Å². The smallest absolute Gasteiger partial charge is 0.172 e. The van der Waals surface area contributed by atoms with Crippen LogP contribution < -0.4 is 0 Å². The van der Waals surface area contributed by atoms with Crippen molar-refractivity contribution in [3.63, 3.8) is 0 Å². The quantitative estimate of drug-likeness (QED) is 0.556. The molecule has 0 atom stereocenters. The molecule has 60 valence electrons. The highest BCUT2D eigenvalue weighted by Crippen LogP contribution is 2.36. The van der Waals surface area contributed by atoms with Gasteiger partial charge in [0, 0.05) is 0 Å². The summed E-state index contributed by atoms with van der Waals surface area (Å²) in [6.07, 6.45) is -6.65. The number of alkyl halides is 3. The van der Waals surface area contributed by atoms with E-state index in [4.69, 9.17) is 0 Å². The highest BCUT2D eigenvalue weighted by molar-refractivity contribution is 8.02. The van der Waals surface area contributed by atoms with Gasteiger partial charge >= 0.3 is 6.18 Å². The molecule has 0 aromatic carbocycles. The van der Waals surface area contributed by atoms with Gasteiger partial charge in [0.1, 0.15) is 0 Å². The van der Waals surface area contributed by atoms with Gasteiger partial charge in [-0.05, 0) is 6.26 Å². The van der Waals surface area contributed by atoms with Crippen molar-refractivity contribution in [3.05, 3.63) is 11.0 Å². The van der Waals surface area contributed by atoms with E-state index in [9.17, 15) is 22.0 Å². The zero-order valence-corrected chi connectivity index (χ0v) is 5.61. The molecule has 10 heavy (non-hydrogen) atoms. The number of thioether (sulfide) groups is 1. The first-order valence-electron chi connectivity index (χ1n) is 2.06. The first-order chi connectivity index (χ1) is 4.39. The molecule has 0 aliphatic rings. The minimum absolute atomic E-state index is 0.0104. The van der Waals surface area contributed by atoms with Crippen molar-refractivity contribution in [2.45, 2.75) is 6.18 Å². The molecule has 0 radical (unpaired) electrons. The van der Waals surface area contributed by atoms with Crippen LogP contribution in [0.25, 0.3) is 0 Å². The van der Waals surface area contributed by atoms with Crippen molar-refractivity contribution < 1.29 is 22.0 Å². The number of hydrogen-bond donors (Lipinski definition) is 0. The Bertz CT molecular complexity index is 142. The van der Waals surface area contributed by atoms with Crippen LogP contribution in [-0.4, -0.2) is 12.4 Å². The molecule has 0 aliphatic heterocycles. The summed E-state index contributed by atoms with van der Waals surface area (Å²) >= 11 is -0.0104. The van der Waals surface area contributed by atoms with Gasteiger partial charge in [0.05, 0.1) is 0 Å². The van der Waals surface area contributed by atoms with Gasteiger partial charge in [0.25, 0.3) is 6.08 Å². The van der Waals surface area contributed by atoms with Crippen LogP contribution >= 0.6 is 11.8 Å². The first-order valence-corrected chi connectivity index (χ1v) is 3.28. The Morgan fingerprint density at radius 2 is 1.60 bits per heavy atom. The molecule has 0 heterocycles. The normalized spacial score (nSPS) is 11.4. The fourth-order valence-corrected chi connectivity index (χ4v) is 0.686. The Morgan fingerprint density at radius 1 is 1.20 bits per heavy atom. The number of allylic oxidation sites excluding steroid dienone is 1. The largest absolute Gasteiger partial charge is 0.427 e. The van der Waals surface area contributed by atoms with E-state index in [0.717, 1.165) is 6.26 Å². The lowest BCUT2D eigenvalue weighted by Gasteiger charge is -2.05. The summed E-state index contributed by atoms with van der Waals surface area (Å²) < 4.78 is 56.9. The van der Waals surface area contributed by atoms with Crippen molar-refractivity contribution in [2.75, 3.05) is 6.26 Å². The Hall–Kier alpha value is -0.260. The van der Waals surface area contributed by atoms with Gasteiger partial charge in [0.15, 0.2) is 4.91 Å². The Morgan fingerprint density at radius 3 is 1.60 bits per heavy atom. The van der Waals surface area contributed by atoms with E-state index in [1.54, 1.807) is 0 Å². The molecule has 0 rings (SSSR count). The van der Waals surface area contributed by atoms with Gasteiger partial charge in [0.2, 0.25) is 0 Å². The average molecular weight is 178 g/mol. The third-order valence-corrected chi connectivity index (χ3v) is 1.43. The van der Waals surface area contributed by atoms with Crippen molar-refractivity contribution in [1.29, 1.82) is 0 Å². The molecule has 0 nitrogen and oxygen atoms in total. The van der Waals surface area contributed by atoms with Crippen molar-refractivity contribution in [2.24, 2.45) is 0 Å². The fraction of sp³-hybridized carbons (Fsp3) is 0.500. The van der Waals surface area contributed by atoms with Gasteiger partial charge in [-0.1, -0.05) is 0 Å². The SMILES string of the molecule is CSC(=C(F)F)C(F)(F)F. The zero-order valence-electron chi connectivity index (χ0n) is 4.80. The Labute approximate surface area is 58.1 Å². The van der Waals surface area contributed by atoms with E-state index in [1.807, 2.05) is 0 Å². The minimum Gasteiger partial charge on any atom is -0.172 e. The summed E-state index contributed by atoms with van der Waals surface area (Å²) in [6, 6.07) is 0. The molecular weight excluding hydrogens is 175 g/mol. The molecule has 0 saturated heterocycles. The van der Waals surface area contributed by atoms with Crippen LogP contribution in [0, 0.1) is 0 Å². The third-order valence-electron chi connectivity index (χ3n) is 0.633. The van der Waals surface area contributed by atoms with Crippen molar-refractivity contribution in [3.8, 4) is 0 Å². The Balaban J connectivity index is 4.55. The second-order valence-electron chi connectivity index (χ2n) is 1.29. The van der Waals surface area contributed by atoms with Crippen LogP contribution in [-0.2, 0) is 0 Å². The van der Waals surface area contributed by atoms with Crippen LogP contribution in [0.1, 0.15) is 0 Å². The predicted octanol–water partition coefficient (Wildman–Crippen LogP) is 3.02. The third kappa shape index (κ3) is 2.55. The van der Waals surface area contributed by atoms with Crippen LogP contribution in [0.4, 0.5) is 22.0 Å². The van der Waals surface area contributed by atoms with E-state index in [-0.39, 0.29) is 11.8 Å². The van der Waals surface area contributed by atoms with Gasteiger partial charge in [-0.3, -0.25) is 0 Å². The molecule has 0 bridgehead atoms. The highest BCUT2D eigenvalue weighted by atomic mass is 32.2. The van der Waals surface area contributed by atoms with Crippen LogP contribution in [0.3, 0.4) is 0 Å². The van der Waals surface area contributed by atoms with Crippen LogP contribution in [0.5, 0.6) is 0 Å². The van der Waals surface area contributed by atoms with Gasteiger partial charge in [-0.25, -0.2) is 0 Å². The Kier molecular flexibility index (Phi) is 3.14. The minimum atomic E-state index is -4.92. The van der Waals surface area contributed by atoms with E-state index in [1.165, 1.54) is 0 Å². The number of rotatable bonds is 1. The van der Waals surface area contributed by atoms with Crippen LogP contribution in [0.2, 0.25) is 0 Å². The summed E-state index contributed by atoms with van der Waals surface area (Å²) in [5, 5.41) is 0. The molecule has 0 aliphatic carbocycles. The molecular formula is C4H3F5S. The standard InChI is InChI=1S/C4H3F5S/c1-10-2(3(5)6)4(7,8)9/h1H3.